The van der Waals surface area contributed by atoms with Crippen LogP contribution in [0.4, 0.5) is 0 Å². The number of hydrogen-bond acceptors (Lipinski definition) is 5. The number of rotatable bonds is 11. The molecule has 0 saturated carbocycles. The van der Waals surface area contributed by atoms with E-state index in [1.165, 1.54) is 0 Å². The highest BCUT2D eigenvalue weighted by atomic mass is 16.4. The molecule has 0 aliphatic carbocycles. The average molecular weight is 431 g/mol. The smallest absolute Gasteiger partial charge is 0.326 e. The zero-order chi connectivity index (χ0) is 23.1. The summed E-state index contributed by atoms with van der Waals surface area (Å²) in [5, 5.41) is 15.0. The minimum absolute atomic E-state index is 0.0281. The van der Waals surface area contributed by atoms with Crippen molar-refractivity contribution in [3.8, 4) is 0 Å². The monoisotopic (exact) mass is 431 g/mol. The van der Waals surface area contributed by atoms with Gasteiger partial charge in [0.1, 0.15) is 12.1 Å². The van der Waals surface area contributed by atoms with Crippen LogP contribution in [0.5, 0.6) is 0 Å². The number of hydrogen-bond donors (Lipinski definition) is 6. The van der Waals surface area contributed by atoms with E-state index >= 15 is 0 Å². The van der Waals surface area contributed by atoms with Gasteiger partial charge in [0.2, 0.25) is 17.7 Å². The van der Waals surface area contributed by atoms with Gasteiger partial charge in [-0.05, 0) is 30.4 Å². The second-order valence-electron chi connectivity index (χ2n) is 7.93. The van der Waals surface area contributed by atoms with Crippen LogP contribution < -0.4 is 22.1 Å². The fourth-order valence-corrected chi connectivity index (χ4v) is 3.29. The van der Waals surface area contributed by atoms with Gasteiger partial charge in [0.15, 0.2) is 0 Å². The van der Waals surface area contributed by atoms with Crippen molar-refractivity contribution in [3.63, 3.8) is 0 Å². The molecule has 0 aliphatic rings. The van der Waals surface area contributed by atoms with Crippen LogP contribution in [0.25, 0.3) is 10.9 Å². The maximum absolute atomic E-state index is 12.7. The maximum Gasteiger partial charge on any atom is 0.326 e. The summed E-state index contributed by atoms with van der Waals surface area (Å²) in [6.07, 6.45) is 1.76. The zero-order valence-corrected chi connectivity index (χ0v) is 17.6. The molecule has 8 N–H and O–H groups in total. The number of amides is 3. The van der Waals surface area contributed by atoms with Crippen molar-refractivity contribution in [3.05, 3.63) is 36.0 Å². The molecule has 0 radical (unpaired) electrons. The lowest BCUT2D eigenvalue weighted by molar-refractivity contribution is -0.143. The third kappa shape index (κ3) is 6.82. The van der Waals surface area contributed by atoms with Crippen LogP contribution in [0.15, 0.2) is 30.5 Å². The van der Waals surface area contributed by atoms with Crippen LogP contribution in [0.3, 0.4) is 0 Å². The molecule has 10 heteroatoms. The van der Waals surface area contributed by atoms with Gasteiger partial charge in [-0.15, -0.1) is 0 Å². The summed E-state index contributed by atoms with van der Waals surface area (Å²) in [4.78, 5) is 50.8. The van der Waals surface area contributed by atoms with E-state index in [9.17, 15) is 24.3 Å². The van der Waals surface area contributed by atoms with Crippen molar-refractivity contribution < 1.29 is 24.3 Å². The largest absolute Gasteiger partial charge is 0.480 e. The van der Waals surface area contributed by atoms with Crippen molar-refractivity contribution in [1.29, 1.82) is 0 Å². The summed E-state index contributed by atoms with van der Waals surface area (Å²) in [5.74, 6) is -3.47. The molecule has 3 atom stereocenters. The van der Waals surface area contributed by atoms with Crippen molar-refractivity contribution >= 4 is 34.6 Å². The van der Waals surface area contributed by atoms with E-state index in [0.717, 1.165) is 16.5 Å². The number of carbonyl (C=O) groups excluding carboxylic acids is 3. The Morgan fingerprint density at radius 3 is 2.32 bits per heavy atom. The standard InChI is InChI=1S/C21H29N5O5/c1-11(2)7-16(20(29)26-17(21(30)31)9-18(23)27)25-19(28)14(22)8-12-10-24-15-6-4-3-5-13(12)15/h3-6,10-11,14,16-17,24H,7-9,22H2,1-2H3,(H2,23,27)(H,25,28)(H,26,29)(H,30,31)/t14-,16-,17-/m0/s1. The molecular formula is C21H29N5O5. The number of aromatic amines is 1. The first-order valence-electron chi connectivity index (χ1n) is 10.0. The van der Waals surface area contributed by atoms with Crippen LogP contribution in [-0.2, 0) is 25.6 Å². The predicted molar refractivity (Wildman–Crippen MR) is 115 cm³/mol. The van der Waals surface area contributed by atoms with E-state index in [1.807, 2.05) is 38.1 Å². The minimum atomic E-state index is -1.48. The van der Waals surface area contributed by atoms with E-state index in [2.05, 4.69) is 15.6 Å². The molecule has 2 rings (SSSR count). The third-order valence-corrected chi connectivity index (χ3v) is 4.81. The van der Waals surface area contributed by atoms with E-state index in [4.69, 9.17) is 11.5 Å². The maximum atomic E-state index is 12.7. The number of carbonyl (C=O) groups is 4. The Bertz CT molecular complexity index is 955. The Labute approximate surface area is 179 Å². The van der Waals surface area contributed by atoms with Gasteiger partial charge in [-0.3, -0.25) is 14.4 Å². The lowest BCUT2D eigenvalue weighted by Crippen LogP contribution is -2.55. The van der Waals surface area contributed by atoms with Gasteiger partial charge in [-0.2, -0.15) is 0 Å². The quantitative estimate of drug-likeness (QED) is 0.291. The number of fused-ring (bicyclic) bond motifs is 1. The number of carboxylic acids is 1. The summed E-state index contributed by atoms with van der Waals surface area (Å²) in [7, 11) is 0. The predicted octanol–water partition coefficient (Wildman–Crippen LogP) is 0.0134. The number of H-pyrrole nitrogens is 1. The number of carboxylic acid groups (broad SMARTS) is 1. The molecule has 3 amide bonds. The summed E-state index contributed by atoms with van der Waals surface area (Å²) >= 11 is 0. The lowest BCUT2D eigenvalue weighted by Gasteiger charge is -2.23. The van der Waals surface area contributed by atoms with Crippen molar-refractivity contribution in [1.82, 2.24) is 15.6 Å². The molecule has 1 heterocycles. The third-order valence-electron chi connectivity index (χ3n) is 4.81. The van der Waals surface area contributed by atoms with Gasteiger partial charge in [-0.1, -0.05) is 32.0 Å². The Balaban J connectivity index is 2.07. The van der Waals surface area contributed by atoms with Crippen LogP contribution in [0.1, 0.15) is 32.3 Å². The van der Waals surface area contributed by atoms with Crippen molar-refractivity contribution in [2.45, 2.75) is 51.2 Å². The molecular weight excluding hydrogens is 402 g/mol. The van der Waals surface area contributed by atoms with E-state index in [0.29, 0.717) is 0 Å². The number of aromatic nitrogens is 1. The normalized spacial score (nSPS) is 14.1. The first-order chi connectivity index (χ1) is 14.6. The first-order valence-corrected chi connectivity index (χ1v) is 10.0. The first kappa shape index (κ1) is 23.9. The lowest BCUT2D eigenvalue weighted by atomic mass is 10.0. The highest BCUT2D eigenvalue weighted by Crippen LogP contribution is 2.19. The molecule has 0 aliphatic heterocycles. The number of aliphatic carboxylic acids is 1. The van der Waals surface area contributed by atoms with Crippen LogP contribution in [-0.4, -0.2) is 51.9 Å². The van der Waals surface area contributed by atoms with Gasteiger partial charge in [0.25, 0.3) is 0 Å². The Kier molecular flexibility index (Phi) is 8.14. The molecule has 1 aromatic carbocycles. The second kappa shape index (κ2) is 10.6. The fourth-order valence-electron chi connectivity index (χ4n) is 3.29. The van der Waals surface area contributed by atoms with Crippen LogP contribution >= 0.6 is 0 Å². The van der Waals surface area contributed by atoms with E-state index < -0.39 is 48.2 Å². The molecule has 0 spiro atoms. The van der Waals surface area contributed by atoms with Gasteiger partial charge >= 0.3 is 5.97 Å². The van der Waals surface area contributed by atoms with Crippen LogP contribution in [0.2, 0.25) is 0 Å². The van der Waals surface area contributed by atoms with Crippen LogP contribution in [0, 0.1) is 5.92 Å². The van der Waals surface area contributed by atoms with Crippen molar-refractivity contribution in [2.24, 2.45) is 17.4 Å². The molecule has 31 heavy (non-hydrogen) atoms. The molecule has 0 unspecified atom stereocenters. The Morgan fingerprint density at radius 2 is 1.71 bits per heavy atom. The Hall–Kier alpha value is -3.40. The second-order valence-corrected chi connectivity index (χ2v) is 7.93. The average Bonchev–Trinajstić information content (AvgIpc) is 3.09. The molecule has 0 bridgehead atoms. The molecule has 10 nitrogen and oxygen atoms in total. The number of para-hydroxylation sites is 1. The number of benzene rings is 1. The summed E-state index contributed by atoms with van der Waals surface area (Å²) in [6, 6.07) is 4.23. The van der Waals surface area contributed by atoms with Gasteiger partial charge in [0, 0.05) is 17.1 Å². The Morgan fingerprint density at radius 1 is 1.06 bits per heavy atom. The SMILES string of the molecule is CC(C)C[C@H](NC(=O)[C@@H](N)Cc1c[nH]c2ccccc12)C(=O)N[C@@H](CC(N)=O)C(=O)O. The molecule has 1 aromatic heterocycles. The highest BCUT2D eigenvalue weighted by Gasteiger charge is 2.29. The topological polar surface area (TPSA) is 180 Å². The summed E-state index contributed by atoms with van der Waals surface area (Å²) in [5.41, 5.74) is 12.9. The van der Waals surface area contributed by atoms with Crippen molar-refractivity contribution in [2.75, 3.05) is 0 Å². The highest BCUT2D eigenvalue weighted by molar-refractivity contribution is 5.93. The fraction of sp³-hybridized carbons (Fsp3) is 0.429. The number of nitrogens with two attached hydrogens (primary N) is 2. The number of nitrogens with one attached hydrogen (secondary N) is 3. The van der Waals surface area contributed by atoms with Gasteiger partial charge < -0.3 is 32.2 Å². The zero-order valence-electron chi connectivity index (χ0n) is 17.6. The summed E-state index contributed by atoms with van der Waals surface area (Å²) < 4.78 is 0. The molecule has 0 saturated heterocycles. The number of primary amides is 1. The van der Waals surface area contributed by atoms with E-state index in [-0.39, 0.29) is 18.8 Å². The van der Waals surface area contributed by atoms with Gasteiger partial charge in [-0.25, -0.2) is 4.79 Å². The summed E-state index contributed by atoms with van der Waals surface area (Å²) in [6.45, 7) is 3.72. The molecule has 168 valence electrons. The van der Waals surface area contributed by atoms with E-state index in [1.54, 1.807) is 6.20 Å². The molecule has 0 fully saturated rings. The van der Waals surface area contributed by atoms with Gasteiger partial charge in [0.05, 0.1) is 12.5 Å². The minimum Gasteiger partial charge on any atom is -0.480 e. The molecule has 2 aromatic rings.